The molecule has 0 aliphatic rings. The molecule has 0 aliphatic carbocycles. The first-order valence-corrected chi connectivity index (χ1v) is 11.2. The molecule has 8 heteroatoms. The van der Waals surface area contributed by atoms with Crippen LogP contribution in [0, 0.1) is 13.8 Å². The number of carbonyl (C=O) groups is 1. The van der Waals surface area contributed by atoms with Crippen LogP contribution in [0.3, 0.4) is 0 Å². The fourth-order valence-corrected chi connectivity index (χ4v) is 4.38. The number of imidazole rings is 1. The third-order valence-corrected chi connectivity index (χ3v) is 6.48. The highest BCUT2D eigenvalue weighted by molar-refractivity contribution is 7.92. The van der Waals surface area contributed by atoms with E-state index in [0.29, 0.717) is 12.2 Å². The quantitative estimate of drug-likeness (QED) is 0.533. The van der Waals surface area contributed by atoms with Crippen molar-refractivity contribution >= 4 is 21.6 Å². The summed E-state index contributed by atoms with van der Waals surface area (Å²) in [4.78, 5) is 16.7. The minimum absolute atomic E-state index is 0.154. The number of sulfonamides is 1. The van der Waals surface area contributed by atoms with Gasteiger partial charge in [-0.15, -0.1) is 0 Å². The lowest BCUT2D eigenvalue weighted by Gasteiger charge is -2.24. The molecule has 1 aromatic heterocycles. The molecule has 0 radical (unpaired) electrons. The number of rotatable bonds is 9. The van der Waals surface area contributed by atoms with Crippen LogP contribution in [0.4, 0.5) is 5.69 Å². The number of carbonyl (C=O) groups excluding carboxylic acids is 1. The van der Waals surface area contributed by atoms with Crippen LogP contribution in [0.25, 0.3) is 0 Å². The molecule has 0 spiro atoms. The molecule has 3 aromatic rings. The minimum atomic E-state index is -3.88. The molecule has 0 aliphatic heterocycles. The molecule has 1 N–H and O–H groups in total. The first-order valence-electron chi connectivity index (χ1n) is 9.75. The van der Waals surface area contributed by atoms with Crippen molar-refractivity contribution in [2.24, 2.45) is 0 Å². The van der Waals surface area contributed by atoms with E-state index >= 15 is 0 Å². The van der Waals surface area contributed by atoms with Crippen molar-refractivity contribution in [3.05, 3.63) is 78.4 Å². The second kappa shape index (κ2) is 9.58. The maximum Gasteiger partial charge on any atom is 0.264 e. The SMILES string of the molecule is Cc1ccc(N(CC(=O)NCCCn2ccnc2)S(=O)(=O)c2ccc(C)cc2)cc1. The summed E-state index contributed by atoms with van der Waals surface area (Å²) in [5.74, 6) is -0.350. The smallest absolute Gasteiger partial charge is 0.264 e. The van der Waals surface area contributed by atoms with Crippen LogP contribution in [0.15, 0.2) is 72.1 Å². The van der Waals surface area contributed by atoms with Crippen molar-refractivity contribution in [2.75, 3.05) is 17.4 Å². The molecular weight excluding hydrogens is 400 g/mol. The number of anilines is 1. The summed E-state index contributed by atoms with van der Waals surface area (Å²) in [6.45, 7) is 4.71. The summed E-state index contributed by atoms with van der Waals surface area (Å²) in [5.41, 5.74) is 2.43. The minimum Gasteiger partial charge on any atom is -0.354 e. The number of nitrogens with one attached hydrogen (secondary N) is 1. The largest absolute Gasteiger partial charge is 0.354 e. The first kappa shape index (κ1) is 21.6. The Labute approximate surface area is 177 Å². The van der Waals surface area contributed by atoms with Crippen LogP contribution in [-0.2, 0) is 21.4 Å². The predicted molar refractivity (Wildman–Crippen MR) is 117 cm³/mol. The molecule has 0 unspecified atom stereocenters. The number of hydrogen-bond acceptors (Lipinski definition) is 4. The zero-order chi connectivity index (χ0) is 21.6. The number of nitrogens with zero attached hydrogens (tertiary/aromatic N) is 3. The monoisotopic (exact) mass is 426 g/mol. The molecule has 0 saturated carbocycles. The van der Waals surface area contributed by atoms with Crippen LogP contribution in [0.2, 0.25) is 0 Å². The van der Waals surface area contributed by atoms with Crippen molar-refractivity contribution in [1.29, 1.82) is 0 Å². The molecule has 158 valence electrons. The van der Waals surface area contributed by atoms with Gasteiger partial charge in [-0.25, -0.2) is 13.4 Å². The Morgan fingerprint density at radius 1 is 1.03 bits per heavy atom. The van der Waals surface area contributed by atoms with E-state index in [-0.39, 0.29) is 17.3 Å². The number of benzene rings is 2. The second-order valence-electron chi connectivity index (χ2n) is 7.16. The third kappa shape index (κ3) is 5.48. The van der Waals surface area contributed by atoms with Gasteiger partial charge in [-0.2, -0.15) is 0 Å². The predicted octanol–water partition coefficient (Wildman–Crippen LogP) is 2.90. The number of hydrogen-bond donors (Lipinski definition) is 1. The van der Waals surface area contributed by atoms with Crippen LogP contribution in [0.5, 0.6) is 0 Å². The Morgan fingerprint density at radius 3 is 2.27 bits per heavy atom. The van der Waals surface area contributed by atoms with E-state index in [4.69, 9.17) is 0 Å². The summed E-state index contributed by atoms with van der Waals surface area (Å²) in [6, 6.07) is 13.7. The van der Waals surface area contributed by atoms with Gasteiger partial charge in [0.1, 0.15) is 6.54 Å². The normalized spacial score (nSPS) is 11.3. The van der Waals surface area contributed by atoms with E-state index in [9.17, 15) is 13.2 Å². The van der Waals surface area contributed by atoms with Gasteiger partial charge in [0.05, 0.1) is 16.9 Å². The van der Waals surface area contributed by atoms with Crippen molar-refractivity contribution in [2.45, 2.75) is 31.7 Å². The van der Waals surface area contributed by atoms with Crippen LogP contribution in [-0.4, -0.2) is 37.0 Å². The van der Waals surface area contributed by atoms with Gasteiger partial charge in [-0.3, -0.25) is 9.10 Å². The molecular formula is C22H26N4O3S. The lowest BCUT2D eigenvalue weighted by Crippen LogP contribution is -2.41. The highest BCUT2D eigenvalue weighted by Crippen LogP contribution is 2.24. The highest BCUT2D eigenvalue weighted by atomic mass is 32.2. The van der Waals surface area contributed by atoms with Gasteiger partial charge in [0.25, 0.3) is 10.0 Å². The second-order valence-corrected chi connectivity index (χ2v) is 9.03. The van der Waals surface area contributed by atoms with Crippen molar-refractivity contribution in [3.63, 3.8) is 0 Å². The van der Waals surface area contributed by atoms with Crippen LogP contribution >= 0.6 is 0 Å². The van der Waals surface area contributed by atoms with E-state index in [0.717, 1.165) is 28.4 Å². The zero-order valence-corrected chi connectivity index (χ0v) is 18.0. The molecule has 3 rings (SSSR count). The lowest BCUT2D eigenvalue weighted by atomic mass is 10.2. The fourth-order valence-electron chi connectivity index (χ4n) is 2.96. The van der Waals surface area contributed by atoms with Crippen molar-refractivity contribution < 1.29 is 13.2 Å². The topological polar surface area (TPSA) is 84.3 Å². The summed E-state index contributed by atoms with van der Waals surface area (Å²) < 4.78 is 29.6. The standard InChI is InChI=1S/C22H26N4O3S/c1-18-4-8-20(9-5-18)26(30(28,29)21-10-6-19(2)7-11-21)16-22(27)24-12-3-14-25-15-13-23-17-25/h4-11,13,15,17H,3,12,14,16H2,1-2H3,(H,24,27). The summed E-state index contributed by atoms with van der Waals surface area (Å²) in [7, 11) is -3.88. The molecule has 2 aromatic carbocycles. The number of aromatic nitrogens is 2. The fraction of sp³-hybridized carbons (Fsp3) is 0.273. The van der Waals surface area contributed by atoms with E-state index < -0.39 is 10.0 Å². The molecule has 0 saturated heterocycles. The highest BCUT2D eigenvalue weighted by Gasteiger charge is 2.27. The average Bonchev–Trinajstić information content (AvgIpc) is 3.24. The maximum atomic E-state index is 13.3. The van der Waals surface area contributed by atoms with Crippen LogP contribution < -0.4 is 9.62 Å². The molecule has 1 heterocycles. The van der Waals surface area contributed by atoms with Gasteiger partial charge >= 0.3 is 0 Å². The van der Waals surface area contributed by atoms with Gasteiger partial charge in [-0.05, 0) is 44.5 Å². The van der Waals surface area contributed by atoms with Gasteiger partial charge < -0.3 is 9.88 Å². The summed E-state index contributed by atoms with van der Waals surface area (Å²) in [6.07, 6.45) is 6.00. The van der Waals surface area contributed by atoms with Crippen molar-refractivity contribution in [1.82, 2.24) is 14.9 Å². The van der Waals surface area contributed by atoms with E-state index in [1.807, 2.05) is 36.7 Å². The van der Waals surface area contributed by atoms with Crippen molar-refractivity contribution in [3.8, 4) is 0 Å². The molecule has 0 bridgehead atoms. The van der Waals surface area contributed by atoms with Gasteiger partial charge in [0, 0.05) is 25.5 Å². The Hall–Kier alpha value is -3.13. The Kier molecular flexibility index (Phi) is 6.89. The average molecular weight is 427 g/mol. The molecule has 0 fully saturated rings. The third-order valence-electron chi connectivity index (χ3n) is 4.69. The Bertz CT molecular complexity index is 1060. The van der Waals surface area contributed by atoms with Crippen LogP contribution in [0.1, 0.15) is 17.5 Å². The Balaban J connectivity index is 1.73. The summed E-state index contributed by atoms with van der Waals surface area (Å²) in [5, 5.41) is 2.81. The maximum absolute atomic E-state index is 13.3. The first-order chi connectivity index (χ1) is 14.4. The number of aryl methyl sites for hydroxylation is 3. The van der Waals surface area contributed by atoms with Gasteiger partial charge in [0.2, 0.25) is 5.91 Å². The van der Waals surface area contributed by atoms with Gasteiger partial charge in [-0.1, -0.05) is 35.4 Å². The molecule has 30 heavy (non-hydrogen) atoms. The molecule has 1 amide bonds. The lowest BCUT2D eigenvalue weighted by molar-refractivity contribution is -0.119. The number of amides is 1. The molecule has 7 nitrogen and oxygen atoms in total. The van der Waals surface area contributed by atoms with E-state index in [1.165, 1.54) is 0 Å². The zero-order valence-electron chi connectivity index (χ0n) is 17.2. The summed E-state index contributed by atoms with van der Waals surface area (Å²) >= 11 is 0. The Morgan fingerprint density at radius 2 is 1.67 bits per heavy atom. The van der Waals surface area contributed by atoms with E-state index in [2.05, 4.69) is 10.3 Å². The van der Waals surface area contributed by atoms with Gasteiger partial charge in [0.15, 0.2) is 0 Å². The molecule has 0 atom stereocenters. The van der Waals surface area contributed by atoms with E-state index in [1.54, 1.807) is 48.9 Å².